The maximum absolute atomic E-state index is 2.66. The van der Waals surface area contributed by atoms with E-state index in [0.717, 1.165) is 0 Å². The van der Waals surface area contributed by atoms with Crippen molar-refractivity contribution in [2.75, 3.05) is 0 Å². The molecule has 0 radical (unpaired) electrons. The van der Waals surface area contributed by atoms with Crippen LogP contribution in [-0.4, -0.2) is 15.9 Å². The fourth-order valence-corrected chi connectivity index (χ4v) is 9.37. The summed E-state index contributed by atoms with van der Waals surface area (Å²) in [5.41, 5.74) is 21.0. The van der Waals surface area contributed by atoms with E-state index in [1.165, 1.54) is 110 Å². The molecule has 0 aliphatic carbocycles. The lowest BCUT2D eigenvalue weighted by Crippen LogP contribution is -2.54. The average Bonchev–Trinajstić information content (AvgIpc) is 3.62. The van der Waals surface area contributed by atoms with Gasteiger partial charge < -0.3 is 9.05 Å². The van der Waals surface area contributed by atoms with Crippen LogP contribution in [0.2, 0.25) is 0 Å². The van der Waals surface area contributed by atoms with Gasteiger partial charge in [0, 0.05) is 43.8 Å². The van der Waals surface area contributed by atoms with Crippen molar-refractivity contribution in [2.24, 2.45) is 0 Å². The van der Waals surface area contributed by atoms with Gasteiger partial charge in [-0.1, -0.05) is 119 Å². The molecule has 0 atom stereocenters. The first-order chi connectivity index (χ1) is 24.4. The topological polar surface area (TPSA) is 9.86 Å². The van der Waals surface area contributed by atoms with Gasteiger partial charge in [-0.25, -0.2) is 0 Å². The van der Waals surface area contributed by atoms with E-state index in [0.29, 0.717) is 0 Å². The van der Waals surface area contributed by atoms with Crippen LogP contribution < -0.4 is 10.9 Å². The predicted octanol–water partition coefficient (Wildman–Crippen LogP) is 10.7. The highest BCUT2D eigenvalue weighted by atomic mass is 15.0. The fraction of sp³-hybridized carbons (Fsp3) is 0.106. The van der Waals surface area contributed by atoms with Crippen LogP contribution in [0.15, 0.2) is 133 Å². The molecule has 0 bridgehead atoms. The molecule has 0 saturated carbocycles. The molecule has 2 aromatic heterocycles. The molecule has 0 amide bonds. The van der Waals surface area contributed by atoms with Crippen LogP contribution in [0.1, 0.15) is 27.8 Å². The molecular formula is C47H37BN2. The van der Waals surface area contributed by atoms with Crippen molar-refractivity contribution in [1.82, 2.24) is 9.05 Å². The summed E-state index contributed by atoms with van der Waals surface area (Å²) in [5.74, 6) is 0. The molecule has 3 heterocycles. The van der Waals surface area contributed by atoms with E-state index in [9.17, 15) is 0 Å². The lowest BCUT2D eigenvalue weighted by atomic mass is 9.44. The predicted molar refractivity (Wildman–Crippen MR) is 215 cm³/mol. The van der Waals surface area contributed by atoms with Gasteiger partial charge in [-0.2, -0.15) is 0 Å². The molecule has 0 N–H and O–H groups in total. The van der Waals surface area contributed by atoms with E-state index in [1.807, 2.05) is 0 Å². The zero-order valence-corrected chi connectivity index (χ0v) is 29.2. The molecule has 238 valence electrons. The van der Waals surface area contributed by atoms with Crippen molar-refractivity contribution >= 4 is 61.4 Å². The van der Waals surface area contributed by atoms with Crippen LogP contribution in [-0.2, 0) is 0 Å². The highest BCUT2D eigenvalue weighted by Gasteiger charge is 2.37. The van der Waals surface area contributed by atoms with Crippen molar-refractivity contribution in [3.8, 4) is 27.9 Å². The summed E-state index contributed by atoms with van der Waals surface area (Å²) in [6.07, 6.45) is 0. The van der Waals surface area contributed by atoms with Crippen LogP contribution in [0.25, 0.3) is 71.6 Å². The van der Waals surface area contributed by atoms with Gasteiger partial charge in [-0.15, -0.1) is 0 Å². The first-order valence-corrected chi connectivity index (χ1v) is 17.7. The van der Waals surface area contributed by atoms with Crippen LogP contribution in [0.3, 0.4) is 0 Å². The number of aryl methyl sites for hydroxylation is 5. The third-order valence-electron chi connectivity index (χ3n) is 11.2. The molecule has 0 unspecified atom stereocenters. The number of fused-ring (bicyclic) bond motifs is 8. The number of nitrogens with zero attached hydrogens (tertiary/aromatic N) is 2. The Bertz CT molecular complexity index is 2850. The second-order valence-electron chi connectivity index (χ2n) is 14.5. The highest BCUT2D eigenvalue weighted by Crippen LogP contribution is 2.42. The van der Waals surface area contributed by atoms with E-state index in [1.54, 1.807) is 0 Å². The standard InChI is InChI=1S/C47H37BN2/c1-28-22-30(3)45(31(4)23-28)48-46-32(5)24-29(2)25-41(46)38-16-11-15-37-40-27-34(19-21-44(40)50(48)47(37)38)33-18-20-43-39(26-33)36-14-9-10-17-42(36)49(43)35-12-7-6-8-13-35/h6-27H,1-5H3. The number of rotatable bonds is 3. The Morgan fingerprint density at radius 2 is 1.00 bits per heavy atom. The third kappa shape index (κ3) is 4.04. The molecule has 7 aromatic carbocycles. The lowest BCUT2D eigenvalue weighted by Gasteiger charge is -2.31. The van der Waals surface area contributed by atoms with Gasteiger partial charge in [0.25, 0.3) is 0 Å². The molecule has 10 rings (SSSR count). The highest BCUT2D eigenvalue weighted by molar-refractivity contribution is 6.88. The third-order valence-corrected chi connectivity index (χ3v) is 11.2. The zero-order valence-electron chi connectivity index (χ0n) is 29.2. The van der Waals surface area contributed by atoms with Crippen molar-refractivity contribution in [3.05, 3.63) is 161 Å². The Morgan fingerprint density at radius 3 is 1.74 bits per heavy atom. The molecule has 3 heteroatoms. The largest absolute Gasteiger partial charge is 0.375 e. The monoisotopic (exact) mass is 640 g/mol. The van der Waals surface area contributed by atoms with Gasteiger partial charge in [-0.05, 0) is 105 Å². The minimum Gasteiger partial charge on any atom is -0.375 e. The molecule has 1 aliphatic rings. The van der Waals surface area contributed by atoms with Crippen molar-refractivity contribution in [2.45, 2.75) is 34.6 Å². The van der Waals surface area contributed by atoms with Crippen LogP contribution >= 0.6 is 0 Å². The lowest BCUT2D eigenvalue weighted by molar-refractivity contribution is 1.18. The number of aromatic nitrogens is 2. The summed E-state index contributed by atoms with van der Waals surface area (Å²) in [4.78, 5) is 0. The van der Waals surface area contributed by atoms with Gasteiger partial charge in [0.2, 0.25) is 0 Å². The van der Waals surface area contributed by atoms with E-state index in [-0.39, 0.29) is 6.85 Å². The van der Waals surface area contributed by atoms with Gasteiger partial charge in [0.15, 0.2) is 0 Å². The van der Waals surface area contributed by atoms with Crippen molar-refractivity contribution < 1.29 is 0 Å². The smallest absolute Gasteiger partial charge is 0.329 e. The van der Waals surface area contributed by atoms with Crippen molar-refractivity contribution in [1.29, 1.82) is 0 Å². The van der Waals surface area contributed by atoms with E-state index >= 15 is 0 Å². The minimum atomic E-state index is 0.0902. The minimum absolute atomic E-state index is 0.0902. The molecule has 0 spiro atoms. The second-order valence-corrected chi connectivity index (χ2v) is 14.5. The molecule has 9 aromatic rings. The zero-order chi connectivity index (χ0) is 33.8. The number of para-hydroxylation sites is 3. The van der Waals surface area contributed by atoms with E-state index in [4.69, 9.17) is 0 Å². The van der Waals surface area contributed by atoms with Gasteiger partial charge in [0.05, 0.1) is 11.0 Å². The van der Waals surface area contributed by atoms with Gasteiger partial charge in [-0.3, -0.25) is 0 Å². The summed E-state index contributed by atoms with van der Waals surface area (Å²) in [5, 5.41) is 5.17. The van der Waals surface area contributed by atoms with Crippen LogP contribution in [0, 0.1) is 34.6 Å². The number of hydrogen-bond acceptors (Lipinski definition) is 0. The Labute approximate surface area is 293 Å². The quantitative estimate of drug-likeness (QED) is 0.170. The Balaban J connectivity index is 1.24. The Hall–Kier alpha value is -5.80. The van der Waals surface area contributed by atoms with E-state index in [2.05, 4.69) is 177 Å². The summed E-state index contributed by atoms with van der Waals surface area (Å²) >= 11 is 0. The Kier molecular flexibility index (Phi) is 6.18. The summed E-state index contributed by atoms with van der Waals surface area (Å²) in [6.45, 7) is 11.4. The fourth-order valence-electron chi connectivity index (χ4n) is 9.37. The molecule has 50 heavy (non-hydrogen) atoms. The molecule has 1 aliphatic heterocycles. The van der Waals surface area contributed by atoms with Gasteiger partial charge in [0.1, 0.15) is 0 Å². The molecule has 2 nitrogen and oxygen atoms in total. The normalized spacial score (nSPS) is 12.5. The summed E-state index contributed by atoms with van der Waals surface area (Å²) < 4.78 is 5.05. The van der Waals surface area contributed by atoms with Crippen LogP contribution in [0.4, 0.5) is 0 Å². The average molecular weight is 641 g/mol. The second kappa shape index (κ2) is 10.6. The summed E-state index contributed by atoms with van der Waals surface area (Å²) in [7, 11) is 0. The number of hydrogen-bond donors (Lipinski definition) is 0. The first kappa shape index (κ1) is 29.1. The molecule has 0 saturated heterocycles. The van der Waals surface area contributed by atoms with E-state index < -0.39 is 0 Å². The maximum atomic E-state index is 2.66. The maximum Gasteiger partial charge on any atom is 0.329 e. The Morgan fingerprint density at radius 1 is 0.420 bits per heavy atom. The molecular weight excluding hydrogens is 603 g/mol. The van der Waals surface area contributed by atoms with Crippen LogP contribution in [0.5, 0.6) is 0 Å². The first-order valence-electron chi connectivity index (χ1n) is 17.7. The van der Waals surface area contributed by atoms with Gasteiger partial charge >= 0.3 is 6.85 Å². The summed E-state index contributed by atoms with van der Waals surface area (Å²) in [6, 6.07) is 50.0. The number of benzene rings is 7. The SMILES string of the molecule is Cc1cc(C)c(B2c3c(C)cc(C)cc3-c3cccc4c5cc(-c6ccc7c(c6)c6ccccc6n7-c6ccccc6)ccc5n2c34)c(C)c1. The van der Waals surface area contributed by atoms with Crippen molar-refractivity contribution in [3.63, 3.8) is 0 Å². The molecule has 0 fully saturated rings.